The van der Waals surface area contributed by atoms with Crippen LogP contribution in [-0.2, 0) is 17.0 Å². The lowest BCUT2D eigenvalue weighted by atomic mass is 10.2. The monoisotopic (exact) mass is 328 g/mol. The predicted octanol–water partition coefficient (Wildman–Crippen LogP) is 4.23. The van der Waals surface area contributed by atoms with Gasteiger partial charge in [0.15, 0.2) is 5.16 Å². The highest BCUT2D eigenvalue weighted by Gasteiger charge is 2.12. The smallest absolute Gasteiger partial charge is 0.168 e. The fourth-order valence-electron chi connectivity index (χ4n) is 1.96. The SMILES string of the molecule is COCCn1c(SCc2ccc(F)cc2Cl)nc(C)c1C. The topological polar surface area (TPSA) is 27.1 Å². The molecule has 3 nitrogen and oxygen atoms in total. The van der Waals surface area contributed by atoms with Crippen molar-refractivity contribution in [2.24, 2.45) is 0 Å². The first-order valence-corrected chi connectivity index (χ1v) is 7.98. The highest BCUT2D eigenvalue weighted by Crippen LogP contribution is 2.28. The van der Waals surface area contributed by atoms with Gasteiger partial charge in [-0.2, -0.15) is 0 Å². The molecular formula is C15H18ClFN2OS. The first-order chi connectivity index (χ1) is 10.0. The van der Waals surface area contributed by atoms with Crippen LogP contribution in [0.3, 0.4) is 0 Å². The Bertz CT molecular complexity index is 630. The second kappa shape index (κ2) is 7.29. The van der Waals surface area contributed by atoms with Crippen LogP contribution in [0.2, 0.25) is 5.02 Å². The minimum atomic E-state index is -0.318. The van der Waals surface area contributed by atoms with E-state index in [-0.39, 0.29) is 5.82 Å². The summed E-state index contributed by atoms with van der Waals surface area (Å²) in [7, 11) is 1.68. The summed E-state index contributed by atoms with van der Waals surface area (Å²) in [5.41, 5.74) is 3.05. The fraction of sp³-hybridized carbons (Fsp3) is 0.400. The third kappa shape index (κ3) is 3.99. The number of hydrogen-bond acceptors (Lipinski definition) is 3. The quantitative estimate of drug-likeness (QED) is 0.742. The molecule has 0 aliphatic carbocycles. The summed E-state index contributed by atoms with van der Waals surface area (Å²) in [6.45, 7) is 5.45. The second-order valence-electron chi connectivity index (χ2n) is 4.73. The van der Waals surface area contributed by atoms with E-state index in [2.05, 4.69) is 9.55 Å². The Morgan fingerprint density at radius 1 is 1.38 bits per heavy atom. The van der Waals surface area contributed by atoms with Crippen molar-refractivity contribution in [2.45, 2.75) is 31.3 Å². The number of ether oxygens (including phenoxy) is 1. The molecule has 0 radical (unpaired) electrons. The molecule has 0 aliphatic rings. The van der Waals surface area contributed by atoms with Crippen molar-refractivity contribution in [3.05, 3.63) is 46.0 Å². The molecule has 21 heavy (non-hydrogen) atoms. The molecule has 0 aliphatic heterocycles. The number of thioether (sulfide) groups is 1. The number of halogens is 2. The first-order valence-electron chi connectivity index (χ1n) is 6.62. The van der Waals surface area contributed by atoms with Crippen molar-refractivity contribution >= 4 is 23.4 Å². The number of aryl methyl sites for hydroxylation is 1. The highest BCUT2D eigenvalue weighted by molar-refractivity contribution is 7.98. The minimum absolute atomic E-state index is 0.318. The lowest BCUT2D eigenvalue weighted by Crippen LogP contribution is -2.07. The van der Waals surface area contributed by atoms with Gasteiger partial charge in [-0.25, -0.2) is 9.37 Å². The van der Waals surface area contributed by atoms with Gasteiger partial charge in [-0.1, -0.05) is 29.4 Å². The van der Waals surface area contributed by atoms with Gasteiger partial charge < -0.3 is 9.30 Å². The molecule has 0 unspecified atom stereocenters. The average molecular weight is 329 g/mol. The number of rotatable bonds is 6. The summed E-state index contributed by atoms with van der Waals surface area (Å²) in [4.78, 5) is 4.58. The van der Waals surface area contributed by atoms with Crippen LogP contribution in [0, 0.1) is 19.7 Å². The molecule has 1 aromatic carbocycles. The molecule has 0 spiro atoms. The third-order valence-electron chi connectivity index (χ3n) is 3.31. The van der Waals surface area contributed by atoms with Crippen molar-refractivity contribution in [1.82, 2.24) is 9.55 Å². The van der Waals surface area contributed by atoms with Gasteiger partial charge in [-0.05, 0) is 31.5 Å². The number of methoxy groups -OCH3 is 1. The maximum absolute atomic E-state index is 13.0. The van der Waals surface area contributed by atoms with E-state index in [4.69, 9.17) is 16.3 Å². The third-order valence-corrected chi connectivity index (χ3v) is 4.69. The van der Waals surface area contributed by atoms with Gasteiger partial charge in [0.2, 0.25) is 0 Å². The summed E-state index contributed by atoms with van der Waals surface area (Å²) in [6.07, 6.45) is 0. The lowest BCUT2D eigenvalue weighted by Gasteiger charge is -2.09. The van der Waals surface area contributed by atoms with Gasteiger partial charge in [0.05, 0.1) is 12.3 Å². The van der Waals surface area contributed by atoms with Crippen LogP contribution in [-0.4, -0.2) is 23.3 Å². The molecule has 0 saturated heterocycles. The van der Waals surface area contributed by atoms with E-state index in [1.54, 1.807) is 24.9 Å². The zero-order valence-electron chi connectivity index (χ0n) is 12.3. The van der Waals surface area contributed by atoms with Crippen molar-refractivity contribution < 1.29 is 9.13 Å². The number of imidazole rings is 1. The van der Waals surface area contributed by atoms with Crippen LogP contribution >= 0.6 is 23.4 Å². The summed E-state index contributed by atoms with van der Waals surface area (Å²) in [5, 5.41) is 1.38. The molecule has 6 heteroatoms. The van der Waals surface area contributed by atoms with E-state index in [1.807, 2.05) is 13.8 Å². The number of aromatic nitrogens is 2. The van der Waals surface area contributed by atoms with Crippen molar-refractivity contribution in [3.8, 4) is 0 Å². The van der Waals surface area contributed by atoms with Gasteiger partial charge in [0.1, 0.15) is 5.82 Å². The largest absolute Gasteiger partial charge is 0.383 e. The molecule has 0 saturated carbocycles. The van der Waals surface area contributed by atoms with Gasteiger partial charge in [0.25, 0.3) is 0 Å². The Labute approximate surface area is 133 Å². The molecule has 1 heterocycles. The van der Waals surface area contributed by atoms with Crippen LogP contribution in [0.15, 0.2) is 23.4 Å². The summed E-state index contributed by atoms with van der Waals surface area (Å²) in [5.74, 6) is 0.337. The van der Waals surface area contributed by atoms with Gasteiger partial charge in [-0.3, -0.25) is 0 Å². The average Bonchev–Trinajstić information content (AvgIpc) is 2.71. The number of hydrogen-bond donors (Lipinski definition) is 0. The maximum atomic E-state index is 13.0. The molecular weight excluding hydrogens is 311 g/mol. The normalized spacial score (nSPS) is 11.1. The summed E-state index contributed by atoms with van der Waals surface area (Å²) in [6, 6.07) is 4.48. The zero-order chi connectivity index (χ0) is 15.4. The molecule has 1 aromatic heterocycles. The maximum Gasteiger partial charge on any atom is 0.168 e. The number of nitrogens with zero attached hydrogens (tertiary/aromatic N) is 2. The number of benzene rings is 1. The molecule has 0 fully saturated rings. The Morgan fingerprint density at radius 3 is 2.81 bits per heavy atom. The Morgan fingerprint density at radius 2 is 2.14 bits per heavy atom. The first kappa shape index (κ1) is 16.3. The van der Waals surface area contributed by atoms with Crippen LogP contribution in [0.25, 0.3) is 0 Å². The van der Waals surface area contributed by atoms with E-state index >= 15 is 0 Å². The second-order valence-corrected chi connectivity index (χ2v) is 6.08. The fourth-order valence-corrected chi connectivity index (χ4v) is 3.40. The van der Waals surface area contributed by atoms with E-state index in [9.17, 15) is 4.39 Å². The van der Waals surface area contributed by atoms with Crippen LogP contribution in [0.4, 0.5) is 4.39 Å². The van der Waals surface area contributed by atoms with E-state index in [1.165, 1.54) is 12.1 Å². The summed E-state index contributed by atoms with van der Waals surface area (Å²) < 4.78 is 20.3. The van der Waals surface area contributed by atoms with Gasteiger partial charge in [0, 0.05) is 30.1 Å². The molecule has 2 aromatic rings. The van der Waals surface area contributed by atoms with E-state index in [0.29, 0.717) is 17.4 Å². The molecule has 0 amide bonds. The zero-order valence-corrected chi connectivity index (χ0v) is 13.9. The molecule has 0 bridgehead atoms. The van der Waals surface area contributed by atoms with Crippen LogP contribution < -0.4 is 0 Å². The molecule has 114 valence electrons. The van der Waals surface area contributed by atoms with Crippen molar-refractivity contribution in [2.75, 3.05) is 13.7 Å². The van der Waals surface area contributed by atoms with Crippen molar-refractivity contribution in [3.63, 3.8) is 0 Å². The Kier molecular flexibility index (Phi) is 5.67. The standard InChI is InChI=1S/C15H18ClFN2OS/c1-10-11(2)19(6-7-20-3)15(18-10)21-9-12-4-5-13(17)8-14(12)16/h4-5,8H,6-7,9H2,1-3H3. The van der Waals surface area contributed by atoms with E-state index < -0.39 is 0 Å². The lowest BCUT2D eigenvalue weighted by molar-refractivity contribution is 0.184. The molecule has 0 N–H and O–H groups in total. The van der Waals surface area contributed by atoms with Gasteiger partial charge >= 0.3 is 0 Å². The van der Waals surface area contributed by atoms with Gasteiger partial charge in [-0.15, -0.1) is 0 Å². The Hall–Kier alpha value is -1.04. The van der Waals surface area contributed by atoms with Crippen LogP contribution in [0.5, 0.6) is 0 Å². The van der Waals surface area contributed by atoms with Crippen LogP contribution in [0.1, 0.15) is 17.0 Å². The van der Waals surface area contributed by atoms with E-state index in [0.717, 1.165) is 28.7 Å². The predicted molar refractivity (Wildman–Crippen MR) is 84.5 cm³/mol. The Balaban J connectivity index is 2.14. The minimum Gasteiger partial charge on any atom is -0.383 e. The highest BCUT2D eigenvalue weighted by atomic mass is 35.5. The molecule has 0 atom stereocenters. The van der Waals surface area contributed by atoms with Crippen molar-refractivity contribution in [1.29, 1.82) is 0 Å². The molecule has 2 rings (SSSR count). The summed E-state index contributed by atoms with van der Waals surface area (Å²) >= 11 is 7.65.